The zero-order valence-corrected chi connectivity index (χ0v) is 14.0. The third-order valence-electron chi connectivity index (χ3n) is 3.82. The molecular weight excluding hydrogens is 332 g/mol. The molecule has 0 bridgehead atoms. The van der Waals surface area contributed by atoms with Gasteiger partial charge in [-0.15, -0.1) is 0 Å². The first-order chi connectivity index (χ1) is 12.7. The highest BCUT2D eigenvalue weighted by Gasteiger charge is 2.13. The lowest BCUT2D eigenvalue weighted by Gasteiger charge is -2.07. The number of rotatable bonds is 5. The van der Waals surface area contributed by atoms with E-state index in [4.69, 9.17) is 9.15 Å². The number of hydrogen-bond donors (Lipinski definition) is 1. The van der Waals surface area contributed by atoms with Crippen molar-refractivity contribution in [3.8, 4) is 17.0 Å². The van der Waals surface area contributed by atoms with Gasteiger partial charge in [-0.1, -0.05) is 12.1 Å². The van der Waals surface area contributed by atoms with E-state index in [-0.39, 0.29) is 11.7 Å². The predicted octanol–water partition coefficient (Wildman–Crippen LogP) is 3.64. The highest BCUT2D eigenvalue weighted by atomic mass is 16.5. The SMILES string of the molecule is CCOc1cccc(-c2cn3c(NC(=O)c4ccco4)cnc3cn2)c1. The number of fused-ring (bicyclic) bond motifs is 1. The Labute approximate surface area is 149 Å². The van der Waals surface area contributed by atoms with Gasteiger partial charge in [0.25, 0.3) is 5.91 Å². The van der Waals surface area contributed by atoms with Crippen LogP contribution in [0.2, 0.25) is 0 Å². The molecule has 3 aromatic heterocycles. The molecule has 4 rings (SSSR count). The van der Waals surface area contributed by atoms with E-state index in [1.165, 1.54) is 6.26 Å². The van der Waals surface area contributed by atoms with Crippen molar-refractivity contribution in [1.29, 1.82) is 0 Å². The number of hydrogen-bond acceptors (Lipinski definition) is 5. The van der Waals surface area contributed by atoms with Gasteiger partial charge in [-0.25, -0.2) is 4.98 Å². The Morgan fingerprint density at radius 1 is 1.23 bits per heavy atom. The van der Waals surface area contributed by atoms with Crippen molar-refractivity contribution in [2.75, 3.05) is 11.9 Å². The highest BCUT2D eigenvalue weighted by Crippen LogP contribution is 2.24. The van der Waals surface area contributed by atoms with Gasteiger partial charge in [0.15, 0.2) is 11.4 Å². The number of amides is 1. The molecule has 1 N–H and O–H groups in total. The van der Waals surface area contributed by atoms with Crippen LogP contribution in [0.5, 0.6) is 5.75 Å². The maximum absolute atomic E-state index is 12.2. The molecule has 0 saturated carbocycles. The summed E-state index contributed by atoms with van der Waals surface area (Å²) in [4.78, 5) is 20.9. The van der Waals surface area contributed by atoms with Crippen LogP contribution >= 0.6 is 0 Å². The van der Waals surface area contributed by atoms with Crippen molar-refractivity contribution >= 4 is 17.4 Å². The fourth-order valence-corrected chi connectivity index (χ4v) is 2.63. The fraction of sp³-hybridized carbons (Fsp3) is 0.105. The molecule has 1 aromatic carbocycles. The third kappa shape index (κ3) is 3.02. The van der Waals surface area contributed by atoms with E-state index in [9.17, 15) is 4.79 Å². The molecule has 3 heterocycles. The maximum Gasteiger partial charge on any atom is 0.292 e. The van der Waals surface area contributed by atoms with Crippen LogP contribution in [0, 0.1) is 0 Å². The number of nitrogens with zero attached hydrogens (tertiary/aromatic N) is 3. The molecule has 7 heteroatoms. The van der Waals surface area contributed by atoms with Gasteiger partial charge < -0.3 is 14.5 Å². The number of carbonyl (C=O) groups is 1. The summed E-state index contributed by atoms with van der Waals surface area (Å²) < 4.78 is 12.4. The normalized spacial score (nSPS) is 10.8. The fourth-order valence-electron chi connectivity index (χ4n) is 2.63. The zero-order chi connectivity index (χ0) is 17.9. The molecule has 0 radical (unpaired) electrons. The predicted molar refractivity (Wildman–Crippen MR) is 96.3 cm³/mol. The number of nitrogens with one attached hydrogen (secondary N) is 1. The Morgan fingerprint density at radius 2 is 2.15 bits per heavy atom. The first-order valence-corrected chi connectivity index (χ1v) is 8.16. The quantitative estimate of drug-likeness (QED) is 0.595. The van der Waals surface area contributed by atoms with Crippen molar-refractivity contribution in [3.63, 3.8) is 0 Å². The van der Waals surface area contributed by atoms with E-state index in [2.05, 4.69) is 15.3 Å². The molecule has 26 heavy (non-hydrogen) atoms. The Bertz CT molecular complexity index is 1050. The van der Waals surface area contributed by atoms with Gasteiger partial charge in [-0.3, -0.25) is 14.2 Å². The number of ether oxygens (including phenoxy) is 1. The molecule has 4 aromatic rings. The van der Waals surface area contributed by atoms with Crippen LogP contribution in [0.25, 0.3) is 16.9 Å². The molecule has 7 nitrogen and oxygen atoms in total. The van der Waals surface area contributed by atoms with Crippen molar-refractivity contribution in [3.05, 3.63) is 67.0 Å². The number of furan rings is 1. The van der Waals surface area contributed by atoms with Gasteiger partial charge in [-0.05, 0) is 31.2 Å². The van der Waals surface area contributed by atoms with Crippen LogP contribution in [0.15, 0.2) is 65.7 Å². The second-order valence-electron chi connectivity index (χ2n) is 5.54. The second-order valence-corrected chi connectivity index (χ2v) is 5.54. The lowest BCUT2D eigenvalue weighted by Crippen LogP contribution is -2.12. The van der Waals surface area contributed by atoms with Gasteiger partial charge in [0, 0.05) is 11.8 Å². The summed E-state index contributed by atoms with van der Waals surface area (Å²) in [5.41, 5.74) is 2.28. The number of carbonyl (C=O) groups excluding carboxylic acids is 1. The average molecular weight is 348 g/mol. The van der Waals surface area contributed by atoms with E-state index < -0.39 is 0 Å². The zero-order valence-electron chi connectivity index (χ0n) is 14.0. The molecule has 0 atom stereocenters. The Hall–Kier alpha value is -3.61. The Morgan fingerprint density at radius 3 is 2.96 bits per heavy atom. The van der Waals surface area contributed by atoms with E-state index in [1.807, 2.05) is 37.4 Å². The Kier molecular flexibility index (Phi) is 4.10. The van der Waals surface area contributed by atoms with Crippen LogP contribution < -0.4 is 10.1 Å². The minimum absolute atomic E-state index is 0.235. The van der Waals surface area contributed by atoms with Crippen molar-refractivity contribution in [1.82, 2.24) is 14.4 Å². The third-order valence-corrected chi connectivity index (χ3v) is 3.82. The van der Waals surface area contributed by atoms with Crippen LogP contribution in [0.4, 0.5) is 5.82 Å². The second kappa shape index (κ2) is 6.72. The summed E-state index contributed by atoms with van der Waals surface area (Å²) in [7, 11) is 0. The number of aromatic nitrogens is 3. The molecule has 0 spiro atoms. The summed E-state index contributed by atoms with van der Waals surface area (Å²) >= 11 is 0. The molecular formula is C19H16N4O3. The monoisotopic (exact) mass is 348 g/mol. The topological polar surface area (TPSA) is 81.7 Å². The van der Waals surface area contributed by atoms with Gasteiger partial charge in [0.05, 0.1) is 31.0 Å². The van der Waals surface area contributed by atoms with Crippen molar-refractivity contribution in [2.45, 2.75) is 6.92 Å². The number of anilines is 1. The standard InChI is InChI=1S/C19H16N4O3/c1-2-25-14-6-3-5-13(9-14)15-12-23-17(10-20-15)21-11-18(23)22-19(24)16-7-4-8-26-16/h3-12H,2H2,1H3,(H,22,24). The lowest BCUT2D eigenvalue weighted by atomic mass is 10.1. The van der Waals surface area contributed by atoms with Crippen LogP contribution in [0.1, 0.15) is 17.5 Å². The molecule has 0 fully saturated rings. The van der Waals surface area contributed by atoms with Gasteiger partial charge in [-0.2, -0.15) is 0 Å². The maximum atomic E-state index is 12.2. The molecule has 0 aliphatic carbocycles. The molecule has 0 aliphatic heterocycles. The first-order valence-electron chi connectivity index (χ1n) is 8.16. The van der Waals surface area contributed by atoms with Crippen molar-refractivity contribution < 1.29 is 13.9 Å². The lowest BCUT2D eigenvalue weighted by molar-refractivity contribution is 0.0996. The van der Waals surface area contributed by atoms with Crippen molar-refractivity contribution in [2.24, 2.45) is 0 Å². The van der Waals surface area contributed by atoms with E-state index in [0.29, 0.717) is 18.1 Å². The van der Waals surface area contributed by atoms with Gasteiger partial charge in [0.2, 0.25) is 0 Å². The summed E-state index contributed by atoms with van der Waals surface area (Å²) in [6.45, 7) is 2.54. The largest absolute Gasteiger partial charge is 0.494 e. The Balaban J connectivity index is 1.68. The summed E-state index contributed by atoms with van der Waals surface area (Å²) in [5, 5.41) is 2.79. The van der Waals surface area contributed by atoms with Gasteiger partial charge >= 0.3 is 0 Å². The van der Waals surface area contributed by atoms with E-state index in [1.54, 1.807) is 28.9 Å². The van der Waals surface area contributed by atoms with Gasteiger partial charge in [0.1, 0.15) is 11.6 Å². The molecule has 0 saturated heterocycles. The summed E-state index contributed by atoms with van der Waals surface area (Å²) in [6, 6.07) is 11.0. The number of imidazole rings is 1. The first kappa shape index (κ1) is 15.9. The number of benzene rings is 1. The van der Waals surface area contributed by atoms with Crippen LogP contribution in [-0.4, -0.2) is 26.9 Å². The molecule has 0 unspecified atom stereocenters. The van der Waals surface area contributed by atoms with Crippen LogP contribution in [0.3, 0.4) is 0 Å². The molecule has 130 valence electrons. The highest BCUT2D eigenvalue weighted by molar-refractivity contribution is 6.01. The molecule has 1 amide bonds. The van der Waals surface area contributed by atoms with Crippen LogP contribution in [-0.2, 0) is 0 Å². The minimum Gasteiger partial charge on any atom is -0.494 e. The van der Waals surface area contributed by atoms with E-state index >= 15 is 0 Å². The summed E-state index contributed by atoms with van der Waals surface area (Å²) in [6.07, 6.45) is 6.52. The smallest absolute Gasteiger partial charge is 0.292 e. The molecule has 0 aliphatic rings. The summed E-state index contributed by atoms with van der Waals surface area (Å²) in [5.74, 6) is 1.21. The minimum atomic E-state index is -0.339. The average Bonchev–Trinajstić information content (AvgIpc) is 3.32. The van der Waals surface area contributed by atoms with E-state index in [0.717, 1.165) is 17.0 Å².